The zero-order valence-electron chi connectivity index (χ0n) is 19.0. The highest BCUT2D eigenvalue weighted by Crippen LogP contribution is 2.34. The van der Waals surface area contributed by atoms with Crippen molar-refractivity contribution in [1.82, 2.24) is 14.8 Å². The van der Waals surface area contributed by atoms with Gasteiger partial charge in [-0.05, 0) is 42.3 Å². The van der Waals surface area contributed by atoms with Crippen molar-refractivity contribution in [2.45, 2.75) is 19.4 Å². The Bertz CT molecular complexity index is 1220. The van der Waals surface area contributed by atoms with Crippen LogP contribution >= 0.6 is 11.8 Å². The van der Waals surface area contributed by atoms with Crippen LogP contribution in [0.25, 0.3) is 17.0 Å². The first-order valence-electron chi connectivity index (χ1n) is 11.2. The standard InChI is InChI=1S/C26H27N3O4S/c1-33-15-13-27-24(30)18-28-17-20(21-11-5-6-12-22(21)28)16-23-25(31)29(26(32)34-23)14-7-10-19-8-3-2-4-9-19/h2-6,8-9,11-12,16-17H,7,10,13-15,18H2,1H3,(H,27,30)/b23-16-. The van der Waals surface area contributed by atoms with Gasteiger partial charge >= 0.3 is 0 Å². The monoisotopic (exact) mass is 477 g/mol. The summed E-state index contributed by atoms with van der Waals surface area (Å²) in [6, 6.07) is 17.7. The molecule has 3 aromatic rings. The van der Waals surface area contributed by atoms with E-state index in [2.05, 4.69) is 5.32 Å². The lowest BCUT2D eigenvalue weighted by molar-refractivity contribution is -0.123. The number of imide groups is 1. The van der Waals surface area contributed by atoms with Crippen LogP contribution in [0.2, 0.25) is 0 Å². The van der Waals surface area contributed by atoms with E-state index >= 15 is 0 Å². The number of methoxy groups -OCH3 is 1. The molecule has 0 saturated carbocycles. The molecule has 1 aliphatic heterocycles. The molecule has 176 valence electrons. The lowest BCUT2D eigenvalue weighted by atomic mass is 10.1. The quantitative estimate of drug-likeness (QED) is 0.352. The molecule has 1 saturated heterocycles. The lowest BCUT2D eigenvalue weighted by Crippen LogP contribution is -2.30. The van der Waals surface area contributed by atoms with Gasteiger partial charge in [0.2, 0.25) is 5.91 Å². The van der Waals surface area contributed by atoms with Crippen molar-refractivity contribution in [2.24, 2.45) is 0 Å². The third-order valence-electron chi connectivity index (χ3n) is 5.61. The molecule has 0 radical (unpaired) electrons. The van der Waals surface area contributed by atoms with Crippen LogP contribution in [-0.2, 0) is 27.3 Å². The van der Waals surface area contributed by atoms with E-state index < -0.39 is 0 Å². The van der Waals surface area contributed by atoms with Crippen LogP contribution in [0.3, 0.4) is 0 Å². The van der Waals surface area contributed by atoms with Gasteiger partial charge in [0, 0.05) is 42.9 Å². The average Bonchev–Trinajstić information content (AvgIpc) is 3.31. The number of carbonyl (C=O) groups excluding carboxylic acids is 3. The van der Waals surface area contributed by atoms with Gasteiger partial charge in [-0.2, -0.15) is 0 Å². The Labute approximate surface area is 202 Å². The number of hydrogen-bond acceptors (Lipinski definition) is 5. The first-order chi connectivity index (χ1) is 16.6. The highest BCUT2D eigenvalue weighted by Gasteiger charge is 2.34. The van der Waals surface area contributed by atoms with Gasteiger partial charge in [0.15, 0.2) is 0 Å². The number of nitrogens with zero attached hydrogens (tertiary/aromatic N) is 2. The molecule has 1 fully saturated rings. The second kappa shape index (κ2) is 11.2. The minimum Gasteiger partial charge on any atom is -0.383 e. The van der Waals surface area contributed by atoms with E-state index in [0.717, 1.165) is 34.6 Å². The molecule has 8 heteroatoms. The van der Waals surface area contributed by atoms with Gasteiger partial charge in [0.05, 0.1) is 11.5 Å². The molecule has 0 spiro atoms. The molecule has 1 N–H and O–H groups in total. The van der Waals surface area contributed by atoms with Crippen LogP contribution in [0.1, 0.15) is 17.5 Å². The Morgan fingerprint density at radius 3 is 2.65 bits per heavy atom. The summed E-state index contributed by atoms with van der Waals surface area (Å²) in [6.07, 6.45) is 5.13. The lowest BCUT2D eigenvalue weighted by Gasteiger charge is -2.12. The predicted octanol–water partition coefficient (Wildman–Crippen LogP) is 4.07. The topological polar surface area (TPSA) is 80.6 Å². The number of carbonyl (C=O) groups is 3. The Morgan fingerprint density at radius 1 is 1.09 bits per heavy atom. The fourth-order valence-electron chi connectivity index (χ4n) is 3.94. The van der Waals surface area contributed by atoms with Crippen LogP contribution in [0.4, 0.5) is 4.79 Å². The van der Waals surface area contributed by atoms with Crippen molar-refractivity contribution < 1.29 is 19.1 Å². The van der Waals surface area contributed by atoms with E-state index in [9.17, 15) is 14.4 Å². The van der Waals surface area contributed by atoms with Gasteiger partial charge in [-0.15, -0.1) is 0 Å². The predicted molar refractivity (Wildman–Crippen MR) is 134 cm³/mol. The Kier molecular flexibility index (Phi) is 7.82. The number of aromatic nitrogens is 1. The zero-order chi connectivity index (χ0) is 23.9. The maximum atomic E-state index is 13.0. The molecule has 1 aromatic heterocycles. The Hall–Kier alpha value is -3.36. The number of ether oxygens (including phenoxy) is 1. The van der Waals surface area contributed by atoms with Gasteiger partial charge in [-0.3, -0.25) is 19.3 Å². The number of amides is 3. The maximum Gasteiger partial charge on any atom is 0.293 e. The summed E-state index contributed by atoms with van der Waals surface area (Å²) in [4.78, 5) is 39.5. The molecule has 0 bridgehead atoms. The summed E-state index contributed by atoms with van der Waals surface area (Å²) in [6.45, 7) is 1.43. The molecule has 2 heterocycles. The van der Waals surface area contributed by atoms with E-state index in [-0.39, 0.29) is 23.6 Å². The minimum absolute atomic E-state index is 0.122. The third-order valence-corrected chi connectivity index (χ3v) is 6.52. The Morgan fingerprint density at radius 2 is 1.85 bits per heavy atom. The second-order valence-electron chi connectivity index (χ2n) is 7.99. The van der Waals surface area contributed by atoms with Crippen LogP contribution in [-0.4, -0.2) is 53.3 Å². The number of para-hydroxylation sites is 1. The highest BCUT2D eigenvalue weighted by atomic mass is 32.2. The molecule has 7 nitrogen and oxygen atoms in total. The SMILES string of the molecule is COCCNC(=O)Cn1cc(/C=C2\SC(=O)N(CCCc3ccccc3)C2=O)c2ccccc21. The van der Waals surface area contributed by atoms with Crippen molar-refractivity contribution in [3.8, 4) is 0 Å². The van der Waals surface area contributed by atoms with Gasteiger partial charge < -0.3 is 14.6 Å². The molecule has 2 aromatic carbocycles. The van der Waals surface area contributed by atoms with E-state index in [1.165, 1.54) is 10.5 Å². The fraction of sp³-hybridized carbons (Fsp3) is 0.269. The molecule has 3 amide bonds. The number of thioether (sulfide) groups is 1. The smallest absolute Gasteiger partial charge is 0.293 e. The van der Waals surface area contributed by atoms with Crippen molar-refractivity contribution in [3.63, 3.8) is 0 Å². The van der Waals surface area contributed by atoms with Crippen LogP contribution in [0, 0.1) is 0 Å². The van der Waals surface area contributed by atoms with Crippen molar-refractivity contribution in [1.29, 1.82) is 0 Å². The molecule has 0 unspecified atom stereocenters. The number of fused-ring (bicyclic) bond motifs is 1. The summed E-state index contributed by atoms with van der Waals surface area (Å²) in [5, 5.41) is 3.49. The minimum atomic E-state index is -0.266. The molecular formula is C26H27N3O4S. The first-order valence-corrected chi connectivity index (χ1v) is 12.0. The fourth-order valence-corrected chi connectivity index (χ4v) is 4.80. The largest absolute Gasteiger partial charge is 0.383 e. The van der Waals surface area contributed by atoms with E-state index in [1.807, 2.05) is 65.4 Å². The molecular weight excluding hydrogens is 450 g/mol. The number of rotatable bonds is 10. The van der Waals surface area contributed by atoms with Crippen molar-refractivity contribution >= 4 is 45.8 Å². The number of benzene rings is 2. The van der Waals surface area contributed by atoms with E-state index in [4.69, 9.17) is 4.74 Å². The summed E-state index contributed by atoms with van der Waals surface area (Å²) in [7, 11) is 1.59. The van der Waals surface area contributed by atoms with E-state index in [1.54, 1.807) is 13.2 Å². The van der Waals surface area contributed by atoms with Crippen molar-refractivity contribution in [2.75, 3.05) is 26.8 Å². The summed E-state index contributed by atoms with van der Waals surface area (Å²) >= 11 is 0.964. The van der Waals surface area contributed by atoms with Gasteiger partial charge in [0.25, 0.3) is 11.1 Å². The molecule has 1 aliphatic rings. The van der Waals surface area contributed by atoms with Gasteiger partial charge in [0.1, 0.15) is 6.54 Å². The molecule has 0 aliphatic carbocycles. The molecule has 4 rings (SSSR count). The zero-order valence-corrected chi connectivity index (χ0v) is 19.8. The summed E-state index contributed by atoms with van der Waals surface area (Å²) < 4.78 is 6.83. The number of aryl methyl sites for hydroxylation is 1. The van der Waals surface area contributed by atoms with Gasteiger partial charge in [-0.25, -0.2) is 0 Å². The normalized spacial score (nSPS) is 15.0. The number of hydrogen-bond donors (Lipinski definition) is 1. The first kappa shape index (κ1) is 23.8. The average molecular weight is 478 g/mol. The summed E-state index contributed by atoms with van der Waals surface area (Å²) in [5.74, 6) is -0.389. The third kappa shape index (κ3) is 5.58. The van der Waals surface area contributed by atoms with Crippen molar-refractivity contribution in [3.05, 3.63) is 76.8 Å². The Balaban J connectivity index is 1.48. The number of nitrogens with one attached hydrogen (secondary N) is 1. The van der Waals surface area contributed by atoms with Crippen LogP contribution in [0.15, 0.2) is 65.7 Å². The molecule has 34 heavy (non-hydrogen) atoms. The van der Waals surface area contributed by atoms with Gasteiger partial charge in [-0.1, -0.05) is 48.5 Å². The second-order valence-corrected chi connectivity index (χ2v) is 8.99. The molecule has 0 atom stereocenters. The van der Waals surface area contributed by atoms with E-state index in [0.29, 0.717) is 31.0 Å². The maximum absolute atomic E-state index is 13.0. The van der Waals surface area contributed by atoms with Crippen LogP contribution in [0.5, 0.6) is 0 Å². The summed E-state index contributed by atoms with van der Waals surface area (Å²) in [5.41, 5.74) is 2.87. The highest BCUT2D eigenvalue weighted by molar-refractivity contribution is 8.18. The van der Waals surface area contributed by atoms with Crippen LogP contribution < -0.4 is 5.32 Å².